The van der Waals surface area contributed by atoms with Crippen molar-refractivity contribution in [2.45, 2.75) is 6.92 Å². The normalized spacial score (nSPS) is 10.9. The zero-order valence-corrected chi connectivity index (χ0v) is 17.6. The van der Waals surface area contributed by atoms with Gasteiger partial charge in [-0.2, -0.15) is 5.10 Å². The molecule has 12 heteroatoms. The first-order valence-electron chi connectivity index (χ1n) is 9.64. The number of carbonyl (C=O) groups excluding carboxylic acids is 2. The maximum Gasteiger partial charge on any atom is 0.277 e. The summed E-state index contributed by atoms with van der Waals surface area (Å²) in [6.07, 6.45) is 0. The Morgan fingerprint density at radius 1 is 0.853 bits per heavy atom. The highest BCUT2D eigenvalue weighted by Gasteiger charge is 2.20. The molecule has 0 radical (unpaired) electrons. The number of anilines is 1. The Bertz CT molecular complexity index is 1290. The fourth-order valence-electron chi connectivity index (χ4n) is 2.86. The van der Waals surface area contributed by atoms with Gasteiger partial charge in [0.1, 0.15) is 5.75 Å². The third-order valence-corrected chi connectivity index (χ3v) is 4.62. The van der Waals surface area contributed by atoms with Crippen LogP contribution < -0.4 is 10.7 Å². The number of carbonyl (C=O) groups is 2. The number of hydrogen-bond acceptors (Lipinski definition) is 8. The zero-order valence-electron chi connectivity index (χ0n) is 17.6. The van der Waals surface area contributed by atoms with E-state index in [1.807, 2.05) is 0 Å². The number of phenols is 1. The molecule has 12 nitrogen and oxygen atoms in total. The number of nitro benzene ring substituents is 2. The van der Waals surface area contributed by atoms with Crippen molar-refractivity contribution >= 4 is 34.6 Å². The molecule has 0 aliphatic heterocycles. The van der Waals surface area contributed by atoms with E-state index in [1.54, 1.807) is 31.2 Å². The topological polar surface area (TPSA) is 177 Å². The lowest BCUT2D eigenvalue weighted by Crippen LogP contribution is -2.19. The Morgan fingerprint density at radius 3 is 2.00 bits per heavy atom. The van der Waals surface area contributed by atoms with Gasteiger partial charge in [-0.25, -0.2) is 5.43 Å². The van der Waals surface area contributed by atoms with Crippen LogP contribution in [-0.2, 0) is 0 Å². The summed E-state index contributed by atoms with van der Waals surface area (Å²) < 4.78 is 0. The van der Waals surface area contributed by atoms with Crippen molar-refractivity contribution in [3.05, 3.63) is 104 Å². The van der Waals surface area contributed by atoms with E-state index in [2.05, 4.69) is 15.8 Å². The minimum atomic E-state index is -0.821. The van der Waals surface area contributed by atoms with E-state index < -0.39 is 33.0 Å². The third kappa shape index (κ3) is 5.56. The van der Waals surface area contributed by atoms with Gasteiger partial charge in [0.15, 0.2) is 0 Å². The largest absolute Gasteiger partial charge is 0.507 e. The molecule has 3 aromatic carbocycles. The van der Waals surface area contributed by atoms with E-state index in [4.69, 9.17) is 0 Å². The molecule has 0 saturated carbocycles. The predicted octanol–water partition coefficient (Wildman–Crippen LogP) is 3.61. The maximum atomic E-state index is 12.5. The van der Waals surface area contributed by atoms with E-state index >= 15 is 0 Å². The van der Waals surface area contributed by atoms with Gasteiger partial charge >= 0.3 is 0 Å². The molecule has 0 aliphatic carbocycles. The standard InChI is InChI=1S/C22H17N5O7/c1-13(24-25-22(30)19-4-2-3-5-20(19)28)14-6-8-16(9-7-14)23-21(29)15-10-17(26(31)32)12-18(11-15)27(33)34/h2-12,28H,1H3,(H,23,29)(H,25,30)/b24-13-. The Kier molecular flexibility index (Phi) is 6.92. The monoisotopic (exact) mass is 463 g/mol. The van der Waals surface area contributed by atoms with Crippen LogP contribution in [0.2, 0.25) is 0 Å². The van der Waals surface area contributed by atoms with Crippen molar-refractivity contribution in [1.29, 1.82) is 0 Å². The second-order valence-corrected chi connectivity index (χ2v) is 6.94. The van der Waals surface area contributed by atoms with E-state index in [9.17, 15) is 34.9 Å². The number of aromatic hydroxyl groups is 1. The summed E-state index contributed by atoms with van der Waals surface area (Å²) in [5.41, 5.74) is 2.40. The molecule has 3 aromatic rings. The fraction of sp³-hybridized carbons (Fsp3) is 0.0455. The number of non-ortho nitro benzene ring substituents is 2. The van der Waals surface area contributed by atoms with Crippen LogP contribution in [0, 0.1) is 20.2 Å². The van der Waals surface area contributed by atoms with E-state index in [0.717, 1.165) is 18.2 Å². The lowest BCUT2D eigenvalue weighted by molar-refractivity contribution is -0.394. The number of nitrogens with one attached hydrogen (secondary N) is 2. The molecule has 0 saturated heterocycles. The lowest BCUT2D eigenvalue weighted by atomic mass is 10.1. The number of amides is 2. The molecule has 0 heterocycles. The molecule has 0 spiro atoms. The second kappa shape index (κ2) is 9.99. The SMILES string of the molecule is C/C(=N/NC(=O)c1ccccc1O)c1ccc(NC(=O)c2cc([N+](=O)[O-])cc([N+](=O)[O-])c2)cc1. The third-order valence-electron chi connectivity index (χ3n) is 4.62. The molecular formula is C22H17N5O7. The van der Waals surface area contributed by atoms with Crippen LogP contribution in [0.1, 0.15) is 33.2 Å². The molecule has 2 amide bonds. The summed E-state index contributed by atoms with van der Waals surface area (Å²) in [7, 11) is 0. The summed E-state index contributed by atoms with van der Waals surface area (Å²) in [5.74, 6) is -1.53. The average Bonchev–Trinajstić information content (AvgIpc) is 2.82. The Hall–Kier alpha value is -5.13. The summed E-state index contributed by atoms with van der Waals surface area (Å²) in [6, 6.07) is 14.9. The van der Waals surface area contributed by atoms with Gasteiger partial charge in [0.25, 0.3) is 23.2 Å². The minimum absolute atomic E-state index is 0.0681. The Morgan fingerprint density at radius 2 is 1.44 bits per heavy atom. The summed E-state index contributed by atoms with van der Waals surface area (Å²) in [5, 5.41) is 38.2. The quantitative estimate of drug-likeness (QED) is 0.272. The van der Waals surface area contributed by atoms with Gasteiger partial charge in [-0.05, 0) is 36.8 Å². The number of phenolic OH excluding ortho intramolecular Hbond substituents is 1. The number of nitro groups is 2. The number of nitrogens with zero attached hydrogens (tertiary/aromatic N) is 3. The molecule has 0 aliphatic rings. The number of hydrogen-bond donors (Lipinski definition) is 3. The van der Waals surface area contributed by atoms with Crippen molar-refractivity contribution < 1.29 is 24.5 Å². The number of rotatable bonds is 7. The highest BCUT2D eigenvalue weighted by molar-refractivity contribution is 6.06. The van der Waals surface area contributed by atoms with Crippen molar-refractivity contribution in [2.24, 2.45) is 5.10 Å². The van der Waals surface area contributed by atoms with Crippen molar-refractivity contribution in [3.8, 4) is 5.75 Å². The molecular weight excluding hydrogens is 446 g/mol. The van der Waals surface area contributed by atoms with E-state index in [1.165, 1.54) is 24.3 Å². The van der Waals surface area contributed by atoms with Crippen LogP contribution in [0.4, 0.5) is 17.1 Å². The zero-order chi connectivity index (χ0) is 24.8. The van der Waals surface area contributed by atoms with Crippen LogP contribution >= 0.6 is 0 Å². The molecule has 172 valence electrons. The van der Waals surface area contributed by atoms with Crippen LogP contribution in [0.3, 0.4) is 0 Å². The lowest BCUT2D eigenvalue weighted by Gasteiger charge is -2.08. The van der Waals surface area contributed by atoms with Gasteiger partial charge < -0.3 is 10.4 Å². The first-order chi connectivity index (χ1) is 16.2. The summed E-state index contributed by atoms with van der Waals surface area (Å²) in [4.78, 5) is 45.0. The molecule has 0 fully saturated rings. The Labute approximate surface area is 191 Å². The van der Waals surface area contributed by atoms with Gasteiger partial charge in [0.05, 0.1) is 32.8 Å². The Balaban J connectivity index is 1.71. The highest BCUT2D eigenvalue weighted by atomic mass is 16.6. The summed E-state index contributed by atoms with van der Waals surface area (Å²) in [6.45, 7) is 1.64. The number of para-hydroxylation sites is 1. The maximum absolute atomic E-state index is 12.5. The molecule has 0 atom stereocenters. The smallest absolute Gasteiger partial charge is 0.277 e. The minimum Gasteiger partial charge on any atom is -0.507 e. The van der Waals surface area contributed by atoms with Crippen molar-refractivity contribution in [3.63, 3.8) is 0 Å². The summed E-state index contributed by atoms with van der Waals surface area (Å²) >= 11 is 0. The second-order valence-electron chi connectivity index (χ2n) is 6.94. The van der Waals surface area contributed by atoms with Gasteiger partial charge in [-0.15, -0.1) is 0 Å². The first-order valence-corrected chi connectivity index (χ1v) is 9.64. The van der Waals surface area contributed by atoms with Crippen LogP contribution in [0.25, 0.3) is 0 Å². The average molecular weight is 463 g/mol. The van der Waals surface area contributed by atoms with Gasteiger partial charge in [-0.1, -0.05) is 24.3 Å². The number of benzene rings is 3. The fourth-order valence-corrected chi connectivity index (χ4v) is 2.86. The van der Waals surface area contributed by atoms with Crippen LogP contribution in [0.15, 0.2) is 71.8 Å². The molecule has 0 unspecified atom stereocenters. The van der Waals surface area contributed by atoms with Gasteiger partial charge in [0.2, 0.25) is 0 Å². The molecule has 34 heavy (non-hydrogen) atoms. The van der Waals surface area contributed by atoms with Crippen molar-refractivity contribution in [2.75, 3.05) is 5.32 Å². The van der Waals surface area contributed by atoms with Gasteiger partial charge in [0, 0.05) is 17.8 Å². The predicted molar refractivity (Wildman–Crippen MR) is 122 cm³/mol. The molecule has 0 aromatic heterocycles. The van der Waals surface area contributed by atoms with E-state index in [-0.39, 0.29) is 16.9 Å². The molecule has 3 rings (SSSR count). The van der Waals surface area contributed by atoms with E-state index in [0.29, 0.717) is 17.0 Å². The highest BCUT2D eigenvalue weighted by Crippen LogP contribution is 2.23. The first kappa shape index (κ1) is 23.5. The van der Waals surface area contributed by atoms with Gasteiger partial charge in [-0.3, -0.25) is 29.8 Å². The molecule has 0 bridgehead atoms. The molecule has 3 N–H and O–H groups in total. The van der Waals surface area contributed by atoms with Crippen LogP contribution in [-0.4, -0.2) is 32.5 Å². The van der Waals surface area contributed by atoms with Crippen molar-refractivity contribution in [1.82, 2.24) is 5.43 Å². The number of hydrazone groups is 1. The van der Waals surface area contributed by atoms with Crippen LogP contribution in [0.5, 0.6) is 5.75 Å².